The van der Waals surface area contributed by atoms with Crippen LogP contribution in [0.4, 0.5) is 0 Å². The van der Waals surface area contributed by atoms with Gasteiger partial charge in [0.1, 0.15) is 11.5 Å². The summed E-state index contributed by atoms with van der Waals surface area (Å²) in [4.78, 5) is 23.9. The highest BCUT2D eigenvalue weighted by Gasteiger charge is 2.10. The Balaban J connectivity index is 1.83. The van der Waals surface area contributed by atoms with E-state index in [-0.39, 0.29) is 12.7 Å². The van der Waals surface area contributed by atoms with Crippen LogP contribution in [0.25, 0.3) is 0 Å². The van der Waals surface area contributed by atoms with E-state index in [2.05, 4.69) is 10.9 Å². The third-order valence-corrected chi connectivity index (χ3v) is 3.71. The van der Waals surface area contributed by atoms with E-state index in [9.17, 15) is 9.59 Å². The van der Waals surface area contributed by atoms with Gasteiger partial charge in [0.25, 0.3) is 11.8 Å². The Hall–Kier alpha value is -2.73. The molecule has 2 amide bonds. The third-order valence-electron chi connectivity index (χ3n) is 3.28. The first kappa shape index (κ1) is 19.6. The summed E-state index contributed by atoms with van der Waals surface area (Å²) in [5.74, 6) is 0.169. The van der Waals surface area contributed by atoms with Gasteiger partial charge in [-0.1, -0.05) is 17.7 Å². The van der Waals surface area contributed by atoms with Gasteiger partial charge < -0.3 is 9.47 Å². The molecule has 0 saturated heterocycles. The first-order chi connectivity index (χ1) is 12.3. The van der Waals surface area contributed by atoms with E-state index in [1.54, 1.807) is 42.5 Å². The second-order valence-electron chi connectivity index (χ2n) is 5.90. The van der Waals surface area contributed by atoms with Crippen molar-refractivity contribution in [3.63, 3.8) is 0 Å². The first-order valence-electron chi connectivity index (χ1n) is 8.10. The van der Waals surface area contributed by atoms with Crippen LogP contribution >= 0.6 is 11.6 Å². The standard InChI is InChI=1S/C19H21ClN2O4/c1-12(2)26-16-6-4-5-14(10-16)19(24)22-21-18(23)11-25-15-7-8-17(20)13(3)9-15/h4-10,12H,11H2,1-3H3,(H,21,23)(H,22,24). The summed E-state index contributed by atoms with van der Waals surface area (Å²) in [5.41, 5.74) is 5.87. The van der Waals surface area contributed by atoms with Gasteiger partial charge in [-0.25, -0.2) is 0 Å². The minimum absolute atomic E-state index is 0.00154. The normalized spacial score (nSPS) is 10.3. The SMILES string of the molecule is Cc1cc(OCC(=O)NNC(=O)c2cccc(OC(C)C)c2)ccc1Cl. The van der Waals surface area contributed by atoms with Gasteiger partial charge in [-0.3, -0.25) is 20.4 Å². The van der Waals surface area contributed by atoms with Crippen LogP contribution in [0, 0.1) is 6.92 Å². The van der Waals surface area contributed by atoms with Crippen molar-refractivity contribution in [3.8, 4) is 11.5 Å². The number of hydrogen-bond donors (Lipinski definition) is 2. The summed E-state index contributed by atoms with van der Waals surface area (Å²) in [5, 5.41) is 0.623. The first-order valence-corrected chi connectivity index (χ1v) is 8.48. The van der Waals surface area contributed by atoms with Gasteiger partial charge in [0.05, 0.1) is 6.10 Å². The van der Waals surface area contributed by atoms with Crippen molar-refractivity contribution in [1.82, 2.24) is 10.9 Å². The van der Waals surface area contributed by atoms with Crippen LogP contribution in [0.3, 0.4) is 0 Å². The number of halogens is 1. The maximum Gasteiger partial charge on any atom is 0.276 e. The molecule has 0 heterocycles. The number of aryl methyl sites for hydroxylation is 1. The number of amides is 2. The molecule has 0 aliphatic carbocycles. The Morgan fingerprint density at radius 1 is 1.08 bits per heavy atom. The molecule has 0 aliphatic rings. The van der Waals surface area contributed by atoms with Gasteiger partial charge in [-0.2, -0.15) is 0 Å². The average molecular weight is 377 g/mol. The van der Waals surface area contributed by atoms with Crippen molar-refractivity contribution in [2.75, 3.05) is 6.61 Å². The van der Waals surface area contributed by atoms with Gasteiger partial charge >= 0.3 is 0 Å². The zero-order valence-corrected chi connectivity index (χ0v) is 15.6. The topological polar surface area (TPSA) is 76.7 Å². The zero-order valence-electron chi connectivity index (χ0n) is 14.8. The van der Waals surface area contributed by atoms with E-state index in [1.165, 1.54) is 0 Å². The quantitative estimate of drug-likeness (QED) is 0.758. The second kappa shape index (κ2) is 9.10. The largest absolute Gasteiger partial charge is 0.491 e. The minimum atomic E-state index is -0.486. The lowest BCUT2D eigenvalue weighted by atomic mass is 10.2. The molecule has 2 aromatic rings. The summed E-state index contributed by atoms with van der Waals surface area (Å²) in [6, 6.07) is 11.8. The molecule has 0 saturated carbocycles. The Labute approximate surface area is 157 Å². The van der Waals surface area contributed by atoms with Crippen LogP contribution in [-0.2, 0) is 4.79 Å². The summed E-state index contributed by atoms with van der Waals surface area (Å²) in [7, 11) is 0. The zero-order chi connectivity index (χ0) is 19.1. The summed E-state index contributed by atoms with van der Waals surface area (Å²) in [6.45, 7) is 5.40. The van der Waals surface area contributed by atoms with E-state index < -0.39 is 11.8 Å². The fourth-order valence-electron chi connectivity index (χ4n) is 2.07. The molecule has 0 bridgehead atoms. The smallest absolute Gasteiger partial charge is 0.276 e. The summed E-state index contributed by atoms with van der Waals surface area (Å²) < 4.78 is 10.9. The Morgan fingerprint density at radius 3 is 2.54 bits per heavy atom. The molecule has 0 spiro atoms. The molecule has 0 atom stereocenters. The molecule has 0 radical (unpaired) electrons. The van der Waals surface area contributed by atoms with Crippen LogP contribution in [-0.4, -0.2) is 24.5 Å². The molecule has 0 fully saturated rings. The van der Waals surface area contributed by atoms with E-state index in [0.29, 0.717) is 22.1 Å². The van der Waals surface area contributed by atoms with Crippen molar-refractivity contribution in [2.45, 2.75) is 26.9 Å². The number of carbonyl (C=O) groups is 2. The van der Waals surface area contributed by atoms with Gasteiger partial charge in [-0.05, 0) is 62.7 Å². The Kier molecular flexibility index (Phi) is 6.86. The van der Waals surface area contributed by atoms with Crippen LogP contribution < -0.4 is 20.3 Å². The Bertz CT molecular complexity index is 793. The molecular formula is C19H21ClN2O4. The highest BCUT2D eigenvalue weighted by Crippen LogP contribution is 2.20. The monoisotopic (exact) mass is 376 g/mol. The minimum Gasteiger partial charge on any atom is -0.491 e. The lowest BCUT2D eigenvalue weighted by Gasteiger charge is -2.12. The molecule has 26 heavy (non-hydrogen) atoms. The summed E-state index contributed by atoms with van der Waals surface area (Å²) >= 11 is 5.93. The number of carbonyl (C=O) groups excluding carboxylic acids is 2. The molecule has 0 aliphatic heterocycles. The van der Waals surface area contributed by atoms with Gasteiger partial charge in [0, 0.05) is 10.6 Å². The van der Waals surface area contributed by atoms with Crippen molar-refractivity contribution >= 4 is 23.4 Å². The molecule has 2 aromatic carbocycles. The summed E-state index contributed by atoms with van der Waals surface area (Å²) in [6.07, 6.45) is 0.00154. The van der Waals surface area contributed by atoms with E-state index >= 15 is 0 Å². The van der Waals surface area contributed by atoms with Gasteiger partial charge in [0.15, 0.2) is 6.61 Å². The molecule has 2 rings (SSSR count). The Morgan fingerprint density at radius 2 is 1.85 bits per heavy atom. The number of hydrazine groups is 1. The van der Waals surface area contributed by atoms with Crippen molar-refractivity contribution < 1.29 is 19.1 Å². The molecule has 7 heteroatoms. The van der Waals surface area contributed by atoms with Crippen LogP contribution in [0.1, 0.15) is 29.8 Å². The third kappa shape index (κ3) is 5.97. The van der Waals surface area contributed by atoms with Crippen LogP contribution in [0.2, 0.25) is 5.02 Å². The lowest BCUT2D eigenvalue weighted by molar-refractivity contribution is -0.123. The molecule has 138 valence electrons. The predicted molar refractivity (Wildman–Crippen MR) is 99.5 cm³/mol. The molecular weight excluding hydrogens is 356 g/mol. The maximum absolute atomic E-state index is 12.1. The second-order valence-corrected chi connectivity index (χ2v) is 6.30. The number of rotatable bonds is 6. The van der Waals surface area contributed by atoms with Crippen molar-refractivity contribution in [1.29, 1.82) is 0 Å². The number of nitrogens with one attached hydrogen (secondary N) is 2. The predicted octanol–water partition coefficient (Wildman–Crippen LogP) is 3.28. The number of ether oxygens (including phenoxy) is 2. The van der Waals surface area contributed by atoms with E-state index in [0.717, 1.165) is 5.56 Å². The van der Waals surface area contributed by atoms with Crippen LogP contribution in [0.15, 0.2) is 42.5 Å². The molecule has 2 N–H and O–H groups in total. The number of hydrogen-bond acceptors (Lipinski definition) is 4. The maximum atomic E-state index is 12.1. The highest BCUT2D eigenvalue weighted by molar-refractivity contribution is 6.31. The molecule has 0 aromatic heterocycles. The van der Waals surface area contributed by atoms with Crippen molar-refractivity contribution in [3.05, 3.63) is 58.6 Å². The number of benzene rings is 2. The molecule has 0 unspecified atom stereocenters. The fourth-order valence-corrected chi connectivity index (χ4v) is 2.19. The van der Waals surface area contributed by atoms with Gasteiger partial charge in [-0.15, -0.1) is 0 Å². The lowest BCUT2D eigenvalue weighted by Crippen LogP contribution is -2.43. The highest BCUT2D eigenvalue weighted by atomic mass is 35.5. The van der Waals surface area contributed by atoms with Crippen molar-refractivity contribution in [2.24, 2.45) is 0 Å². The average Bonchev–Trinajstić information content (AvgIpc) is 2.60. The fraction of sp³-hybridized carbons (Fsp3) is 0.263. The van der Waals surface area contributed by atoms with Crippen LogP contribution in [0.5, 0.6) is 11.5 Å². The van der Waals surface area contributed by atoms with E-state index in [1.807, 2.05) is 20.8 Å². The molecule has 6 nitrogen and oxygen atoms in total. The van der Waals surface area contributed by atoms with E-state index in [4.69, 9.17) is 21.1 Å². The van der Waals surface area contributed by atoms with Gasteiger partial charge in [0.2, 0.25) is 0 Å².